The van der Waals surface area contributed by atoms with Crippen LogP contribution in [0.4, 0.5) is 5.13 Å². The maximum Gasteiger partial charge on any atom is 0.268 e. The largest absolute Gasteiger partial charge is 0.297 e. The molecular weight excluding hydrogens is 386 g/mol. The van der Waals surface area contributed by atoms with E-state index in [4.69, 9.17) is 0 Å². The van der Waals surface area contributed by atoms with Crippen LogP contribution < -0.4 is 5.32 Å². The fourth-order valence-corrected chi connectivity index (χ4v) is 4.40. The number of nitrogens with zero attached hydrogens (tertiary/aromatic N) is 2. The lowest BCUT2D eigenvalue weighted by Crippen LogP contribution is -2.13. The van der Waals surface area contributed by atoms with E-state index in [1.165, 1.54) is 39.0 Å². The van der Waals surface area contributed by atoms with E-state index in [2.05, 4.69) is 40.6 Å². The summed E-state index contributed by atoms with van der Waals surface area (Å²) in [7, 11) is 0. The van der Waals surface area contributed by atoms with Crippen LogP contribution in [0.15, 0.2) is 71.7 Å². The van der Waals surface area contributed by atoms with Gasteiger partial charge in [-0.2, -0.15) is 5.26 Å². The Balaban J connectivity index is 1.50. The number of benzene rings is 2. The molecule has 28 heavy (non-hydrogen) atoms. The van der Waals surface area contributed by atoms with Gasteiger partial charge in [0.2, 0.25) is 0 Å². The molecule has 6 heteroatoms. The summed E-state index contributed by atoms with van der Waals surface area (Å²) in [5.74, 6) is -0.443. The third-order valence-corrected chi connectivity index (χ3v) is 5.95. The molecule has 2 aromatic heterocycles. The van der Waals surface area contributed by atoms with Crippen LogP contribution in [0.3, 0.4) is 0 Å². The molecule has 4 rings (SSSR count). The van der Waals surface area contributed by atoms with Gasteiger partial charge in [0.25, 0.3) is 5.91 Å². The number of thiophene rings is 1. The standard InChI is InChI=1S/C22H15N3OS2/c23-13-17(12-18-8-4-10-27-18)21(26)25-22-24-14-19(28-22)11-16-7-3-6-15-5-1-2-9-20(15)16/h1-10,12,14H,11H2,(H,24,25,26)/b17-12+. The molecule has 0 unspecified atom stereocenters. The van der Waals surface area contributed by atoms with Gasteiger partial charge in [-0.3, -0.25) is 10.1 Å². The Morgan fingerprint density at radius 2 is 2.00 bits per heavy atom. The summed E-state index contributed by atoms with van der Waals surface area (Å²) < 4.78 is 0. The van der Waals surface area contributed by atoms with E-state index in [1.807, 2.05) is 35.7 Å². The van der Waals surface area contributed by atoms with Crippen LogP contribution in [-0.4, -0.2) is 10.9 Å². The first kappa shape index (κ1) is 18.1. The second-order valence-electron chi connectivity index (χ2n) is 6.09. The van der Waals surface area contributed by atoms with Gasteiger partial charge in [0.1, 0.15) is 11.6 Å². The molecule has 0 radical (unpaired) electrons. The normalized spacial score (nSPS) is 11.3. The molecule has 2 aromatic carbocycles. The number of carbonyl (C=O) groups excluding carboxylic acids is 1. The third kappa shape index (κ3) is 4.01. The van der Waals surface area contributed by atoms with Gasteiger partial charge in [0.05, 0.1) is 0 Å². The zero-order chi connectivity index (χ0) is 19.3. The van der Waals surface area contributed by atoms with Crippen LogP contribution >= 0.6 is 22.7 Å². The molecule has 0 atom stereocenters. The third-order valence-electron chi connectivity index (χ3n) is 4.21. The van der Waals surface area contributed by atoms with Crippen LogP contribution in [0.2, 0.25) is 0 Å². The summed E-state index contributed by atoms with van der Waals surface area (Å²) in [6.07, 6.45) is 4.10. The number of aromatic nitrogens is 1. The number of nitrogens with one attached hydrogen (secondary N) is 1. The SMILES string of the molecule is N#C/C(=C\c1cccs1)C(=O)Nc1ncc(Cc2cccc3ccccc23)s1. The molecule has 0 aliphatic heterocycles. The molecule has 0 aliphatic carbocycles. The highest BCUT2D eigenvalue weighted by molar-refractivity contribution is 7.15. The zero-order valence-electron chi connectivity index (χ0n) is 14.8. The summed E-state index contributed by atoms with van der Waals surface area (Å²) in [6.45, 7) is 0. The van der Waals surface area contributed by atoms with Crippen LogP contribution in [0.5, 0.6) is 0 Å². The Kier molecular flexibility index (Phi) is 5.29. The molecule has 0 spiro atoms. The van der Waals surface area contributed by atoms with Gasteiger partial charge in [-0.1, -0.05) is 48.5 Å². The maximum absolute atomic E-state index is 12.4. The lowest BCUT2D eigenvalue weighted by atomic mass is 10.0. The van der Waals surface area contributed by atoms with Crippen molar-refractivity contribution in [1.29, 1.82) is 5.26 Å². The van der Waals surface area contributed by atoms with Crippen molar-refractivity contribution >= 4 is 50.6 Å². The van der Waals surface area contributed by atoms with Crippen molar-refractivity contribution in [3.8, 4) is 6.07 Å². The van der Waals surface area contributed by atoms with Crippen molar-refractivity contribution in [3.63, 3.8) is 0 Å². The zero-order valence-corrected chi connectivity index (χ0v) is 16.4. The number of anilines is 1. The summed E-state index contributed by atoms with van der Waals surface area (Å²) in [6, 6.07) is 20.2. The van der Waals surface area contributed by atoms with Crippen molar-refractivity contribution in [2.75, 3.05) is 5.32 Å². The van der Waals surface area contributed by atoms with Gasteiger partial charge in [-0.25, -0.2) is 4.98 Å². The van der Waals surface area contributed by atoms with Gasteiger partial charge >= 0.3 is 0 Å². The van der Waals surface area contributed by atoms with Crippen molar-refractivity contribution in [2.24, 2.45) is 0 Å². The van der Waals surface area contributed by atoms with E-state index in [0.29, 0.717) is 5.13 Å². The Morgan fingerprint density at radius 3 is 2.82 bits per heavy atom. The van der Waals surface area contributed by atoms with Crippen LogP contribution in [0.25, 0.3) is 16.8 Å². The summed E-state index contributed by atoms with van der Waals surface area (Å²) in [5, 5.41) is 16.8. The van der Waals surface area contributed by atoms with Crippen LogP contribution in [0, 0.1) is 11.3 Å². The number of amides is 1. The lowest BCUT2D eigenvalue weighted by molar-refractivity contribution is -0.112. The molecule has 4 nitrogen and oxygen atoms in total. The molecule has 0 saturated heterocycles. The molecule has 0 bridgehead atoms. The van der Waals surface area contributed by atoms with E-state index in [1.54, 1.807) is 12.3 Å². The minimum Gasteiger partial charge on any atom is -0.297 e. The first-order chi connectivity index (χ1) is 13.7. The fraction of sp³-hybridized carbons (Fsp3) is 0.0455. The van der Waals surface area contributed by atoms with E-state index in [9.17, 15) is 10.1 Å². The average Bonchev–Trinajstić information content (AvgIpc) is 3.38. The molecule has 0 saturated carbocycles. The number of nitriles is 1. The van der Waals surface area contributed by atoms with E-state index < -0.39 is 5.91 Å². The highest BCUT2D eigenvalue weighted by Crippen LogP contribution is 2.26. The summed E-state index contributed by atoms with van der Waals surface area (Å²) in [5.41, 5.74) is 1.28. The first-order valence-corrected chi connectivity index (χ1v) is 10.3. The number of thiazole rings is 1. The van der Waals surface area contributed by atoms with Crippen molar-refractivity contribution in [3.05, 3.63) is 87.1 Å². The Morgan fingerprint density at radius 1 is 1.14 bits per heavy atom. The van der Waals surface area contributed by atoms with Crippen molar-refractivity contribution in [1.82, 2.24) is 4.98 Å². The van der Waals surface area contributed by atoms with E-state index in [-0.39, 0.29) is 5.57 Å². The highest BCUT2D eigenvalue weighted by atomic mass is 32.1. The fourth-order valence-electron chi connectivity index (χ4n) is 2.91. The molecule has 4 aromatic rings. The topological polar surface area (TPSA) is 65.8 Å². The molecule has 0 aliphatic rings. The van der Waals surface area contributed by atoms with Gasteiger partial charge in [0.15, 0.2) is 5.13 Å². The Bertz CT molecular complexity index is 1190. The molecule has 2 heterocycles. The number of fused-ring (bicyclic) bond motifs is 1. The maximum atomic E-state index is 12.4. The van der Waals surface area contributed by atoms with Crippen LogP contribution in [0.1, 0.15) is 15.3 Å². The number of carbonyl (C=O) groups is 1. The summed E-state index contributed by atoms with van der Waals surface area (Å²) >= 11 is 2.90. The van der Waals surface area contributed by atoms with Gasteiger partial charge in [0, 0.05) is 22.4 Å². The second kappa shape index (κ2) is 8.17. The lowest BCUT2D eigenvalue weighted by Gasteiger charge is -2.04. The Hall–Kier alpha value is -3.27. The second-order valence-corrected chi connectivity index (χ2v) is 8.18. The van der Waals surface area contributed by atoms with Crippen LogP contribution in [-0.2, 0) is 11.2 Å². The van der Waals surface area contributed by atoms with Gasteiger partial charge in [-0.15, -0.1) is 22.7 Å². The van der Waals surface area contributed by atoms with Crippen molar-refractivity contribution in [2.45, 2.75) is 6.42 Å². The van der Waals surface area contributed by atoms with E-state index >= 15 is 0 Å². The average molecular weight is 402 g/mol. The summed E-state index contributed by atoms with van der Waals surface area (Å²) in [4.78, 5) is 18.6. The molecule has 0 fully saturated rings. The van der Waals surface area contributed by atoms with E-state index in [0.717, 1.165) is 16.2 Å². The molecule has 1 amide bonds. The quantitative estimate of drug-likeness (QED) is 0.355. The monoisotopic (exact) mass is 401 g/mol. The van der Waals surface area contributed by atoms with Gasteiger partial charge < -0.3 is 0 Å². The number of hydrogen-bond acceptors (Lipinski definition) is 5. The number of rotatable bonds is 5. The minimum absolute atomic E-state index is 0.0632. The molecule has 136 valence electrons. The Labute approximate surface area is 170 Å². The van der Waals surface area contributed by atoms with Gasteiger partial charge in [-0.05, 0) is 33.9 Å². The predicted octanol–water partition coefficient (Wildman–Crippen LogP) is 5.49. The molecule has 1 N–H and O–H groups in total. The minimum atomic E-state index is -0.443. The molecular formula is C22H15N3OS2. The number of hydrogen-bond donors (Lipinski definition) is 1. The first-order valence-electron chi connectivity index (χ1n) is 8.61. The predicted molar refractivity (Wildman–Crippen MR) is 115 cm³/mol. The van der Waals surface area contributed by atoms with Crippen molar-refractivity contribution < 1.29 is 4.79 Å². The smallest absolute Gasteiger partial charge is 0.268 e. The highest BCUT2D eigenvalue weighted by Gasteiger charge is 2.13.